The smallest absolute Gasteiger partial charge is 0.271 e. The molecule has 0 fully saturated rings. The second-order valence-corrected chi connectivity index (χ2v) is 7.36. The molecule has 0 aliphatic heterocycles. The third-order valence-corrected chi connectivity index (χ3v) is 5.31. The van der Waals surface area contributed by atoms with Crippen molar-refractivity contribution < 1.29 is 14.3 Å². The zero-order valence-corrected chi connectivity index (χ0v) is 17.1. The molecule has 2 heterocycles. The van der Waals surface area contributed by atoms with Gasteiger partial charge in [-0.3, -0.25) is 14.2 Å². The summed E-state index contributed by atoms with van der Waals surface area (Å²) in [6, 6.07) is 7.56. The molecular weight excluding hydrogens is 368 g/mol. The lowest BCUT2D eigenvalue weighted by Crippen LogP contribution is -2.27. The maximum absolute atomic E-state index is 13.3. The first-order valence-corrected chi connectivity index (χ1v) is 9.72. The largest absolute Gasteiger partial charge is 0.494 e. The summed E-state index contributed by atoms with van der Waals surface area (Å²) in [5.74, 6) is -0.845. The molecule has 2 aromatic heterocycles. The Morgan fingerprint density at radius 2 is 1.93 bits per heavy atom. The van der Waals surface area contributed by atoms with E-state index < -0.39 is 17.2 Å². The number of unbranched alkanes of at least 4 members (excludes halogenated alkanes) is 2. The summed E-state index contributed by atoms with van der Waals surface area (Å²) in [7, 11) is 0. The topological polar surface area (TPSA) is 96.2 Å². The average Bonchev–Trinajstić information content (AvgIpc) is 3.00. The Morgan fingerprint density at radius 3 is 2.59 bits per heavy atom. The molecule has 0 unspecified atom stereocenters. The molecule has 0 radical (unpaired) electrons. The molecule has 0 amide bonds. The summed E-state index contributed by atoms with van der Waals surface area (Å²) in [4.78, 5) is 26.0. The van der Waals surface area contributed by atoms with E-state index in [1.165, 1.54) is 6.92 Å². The molecule has 1 aromatic carbocycles. The molecule has 3 aromatic rings. The van der Waals surface area contributed by atoms with Crippen LogP contribution < -0.4 is 5.56 Å². The van der Waals surface area contributed by atoms with Crippen LogP contribution in [-0.2, 0) is 6.54 Å². The van der Waals surface area contributed by atoms with Crippen molar-refractivity contribution in [2.45, 2.75) is 53.5 Å². The lowest BCUT2D eigenvalue weighted by atomic mass is 9.98. The van der Waals surface area contributed by atoms with Gasteiger partial charge in [-0.1, -0.05) is 31.9 Å². The SMILES string of the molecule is CCCCCn1c(O)c(C(=O)c2oc3cc(C)ccc3c2C)c(C)c(C#N)c1=O. The van der Waals surface area contributed by atoms with Crippen molar-refractivity contribution in [3.8, 4) is 11.9 Å². The summed E-state index contributed by atoms with van der Waals surface area (Å²) in [5, 5.41) is 21.1. The van der Waals surface area contributed by atoms with Crippen molar-refractivity contribution in [3.63, 3.8) is 0 Å². The summed E-state index contributed by atoms with van der Waals surface area (Å²) in [6.07, 6.45) is 2.47. The van der Waals surface area contributed by atoms with E-state index in [0.717, 1.165) is 28.4 Å². The zero-order valence-electron chi connectivity index (χ0n) is 17.1. The van der Waals surface area contributed by atoms with Gasteiger partial charge in [0, 0.05) is 17.5 Å². The van der Waals surface area contributed by atoms with Crippen LogP contribution in [0.1, 0.15) is 64.6 Å². The van der Waals surface area contributed by atoms with Gasteiger partial charge in [0.2, 0.25) is 11.7 Å². The molecule has 1 N–H and O–H groups in total. The zero-order chi connectivity index (χ0) is 21.3. The lowest BCUT2D eigenvalue weighted by molar-refractivity contribution is 0.100. The molecule has 6 heteroatoms. The molecule has 0 atom stereocenters. The number of rotatable bonds is 6. The maximum atomic E-state index is 13.3. The standard InChI is InChI=1S/C23H24N2O4/c1-5-6-7-10-25-22(27)17(12-24)14(3)19(23(25)28)20(26)21-15(4)16-9-8-13(2)11-18(16)29-21/h8-9,11,28H,5-7,10H2,1-4H3. The van der Waals surface area contributed by atoms with E-state index in [4.69, 9.17) is 4.42 Å². The fourth-order valence-electron chi connectivity index (χ4n) is 3.61. The Hall–Kier alpha value is -3.33. The number of benzene rings is 1. The third-order valence-electron chi connectivity index (χ3n) is 5.31. The second-order valence-electron chi connectivity index (χ2n) is 7.36. The molecule has 0 saturated carbocycles. The predicted octanol–water partition coefficient (Wildman–Crippen LogP) is 4.52. The molecule has 0 spiro atoms. The van der Waals surface area contributed by atoms with E-state index in [9.17, 15) is 20.0 Å². The minimum atomic E-state index is -0.577. The molecule has 0 bridgehead atoms. The predicted molar refractivity (Wildman–Crippen MR) is 110 cm³/mol. The quantitative estimate of drug-likeness (QED) is 0.491. The molecule has 0 aliphatic rings. The number of furan rings is 1. The first-order chi connectivity index (χ1) is 13.8. The molecule has 150 valence electrons. The highest BCUT2D eigenvalue weighted by molar-refractivity contribution is 6.12. The number of nitrogens with zero attached hydrogens (tertiary/aromatic N) is 2. The number of fused-ring (bicyclic) bond motifs is 1. The van der Waals surface area contributed by atoms with Crippen LogP contribution in [0.5, 0.6) is 5.88 Å². The van der Waals surface area contributed by atoms with Crippen LogP contribution >= 0.6 is 0 Å². The van der Waals surface area contributed by atoms with Gasteiger partial charge in [0.15, 0.2) is 5.76 Å². The van der Waals surface area contributed by atoms with Gasteiger partial charge in [0.25, 0.3) is 5.56 Å². The van der Waals surface area contributed by atoms with Gasteiger partial charge in [-0.2, -0.15) is 5.26 Å². The van der Waals surface area contributed by atoms with Crippen LogP contribution in [0.15, 0.2) is 27.4 Å². The fraction of sp³-hybridized carbons (Fsp3) is 0.348. The van der Waals surface area contributed by atoms with Crippen LogP contribution in [0, 0.1) is 32.1 Å². The van der Waals surface area contributed by atoms with Crippen molar-refractivity contribution in [2.75, 3.05) is 0 Å². The van der Waals surface area contributed by atoms with E-state index in [1.54, 1.807) is 6.92 Å². The number of ketones is 1. The first kappa shape index (κ1) is 20.4. The van der Waals surface area contributed by atoms with Gasteiger partial charge < -0.3 is 9.52 Å². The molecule has 0 saturated heterocycles. The highest BCUT2D eigenvalue weighted by atomic mass is 16.3. The number of aromatic nitrogens is 1. The Morgan fingerprint density at radius 1 is 1.21 bits per heavy atom. The van der Waals surface area contributed by atoms with Gasteiger partial charge in [-0.15, -0.1) is 0 Å². The van der Waals surface area contributed by atoms with Crippen LogP contribution in [0.25, 0.3) is 11.0 Å². The number of hydrogen-bond donors (Lipinski definition) is 1. The summed E-state index contributed by atoms with van der Waals surface area (Å²) in [5.41, 5.74) is 1.64. The van der Waals surface area contributed by atoms with Crippen molar-refractivity contribution in [1.82, 2.24) is 4.57 Å². The van der Waals surface area contributed by atoms with Crippen molar-refractivity contribution in [3.05, 3.63) is 62.1 Å². The Kier molecular flexibility index (Phi) is 5.60. The maximum Gasteiger partial charge on any atom is 0.271 e. The average molecular weight is 392 g/mol. The number of aromatic hydroxyl groups is 1. The Balaban J connectivity index is 2.21. The van der Waals surface area contributed by atoms with Crippen molar-refractivity contribution in [1.29, 1.82) is 5.26 Å². The van der Waals surface area contributed by atoms with Crippen LogP contribution in [0.3, 0.4) is 0 Å². The highest BCUT2D eigenvalue weighted by Gasteiger charge is 2.28. The van der Waals surface area contributed by atoms with E-state index in [0.29, 0.717) is 17.6 Å². The summed E-state index contributed by atoms with van der Waals surface area (Å²) in [6.45, 7) is 7.49. The number of carbonyl (C=O) groups excluding carboxylic acids is 1. The monoisotopic (exact) mass is 392 g/mol. The summed E-state index contributed by atoms with van der Waals surface area (Å²) < 4.78 is 6.94. The van der Waals surface area contributed by atoms with E-state index in [-0.39, 0.29) is 29.0 Å². The molecular formula is C23H24N2O4. The number of nitriles is 1. The Labute approximate surface area is 169 Å². The molecule has 29 heavy (non-hydrogen) atoms. The fourth-order valence-corrected chi connectivity index (χ4v) is 3.61. The van der Waals surface area contributed by atoms with Gasteiger partial charge >= 0.3 is 0 Å². The van der Waals surface area contributed by atoms with Crippen LogP contribution in [-0.4, -0.2) is 15.5 Å². The van der Waals surface area contributed by atoms with Crippen molar-refractivity contribution in [2.24, 2.45) is 0 Å². The number of hydrogen-bond acceptors (Lipinski definition) is 5. The van der Waals surface area contributed by atoms with E-state index in [2.05, 4.69) is 0 Å². The minimum absolute atomic E-state index is 0.0588. The van der Waals surface area contributed by atoms with Gasteiger partial charge in [0.05, 0.1) is 5.56 Å². The minimum Gasteiger partial charge on any atom is -0.494 e. The van der Waals surface area contributed by atoms with E-state index in [1.807, 2.05) is 38.1 Å². The van der Waals surface area contributed by atoms with Gasteiger partial charge in [-0.05, 0) is 44.4 Å². The second kappa shape index (κ2) is 7.96. The Bertz CT molecular complexity index is 1210. The van der Waals surface area contributed by atoms with Crippen LogP contribution in [0.4, 0.5) is 0 Å². The van der Waals surface area contributed by atoms with Gasteiger partial charge in [0.1, 0.15) is 17.2 Å². The molecule has 6 nitrogen and oxygen atoms in total. The number of carbonyl (C=O) groups is 1. The van der Waals surface area contributed by atoms with E-state index >= 15 is 0 Å². The van der Waals surface area contributed by atoms with Gasteiger partial charge in [-0.25, -0.2) is 0 Å². The normalized spacial score (nSPS) is 11.0. The van der Waals surface area contributed by atoms with Crippen molar-refractivity contribution >= 4 is 16.8 Å². The number of aryl methyl sites for hydroxylation is 2. The number of pyridine rings is 1. The van der Waals surface area contributed by atoms with Crippen LogP contribution in [0.2, 0.25) is 0 Å². The molecule has 0 aliphatic carbocycles. The molecule has 3 rings (SSSR count). The lowest BCUT2D eigenvalue weighted by Gasteiger charge is -2.15. The first-order valence-electron chi connectivity index (χ1n) is 9.72. The highest BCUT2D eigenvalue weighted by Crippen LogP contribution is 2.31. The third kappa shape index (κ3) is 3.44. The summed E-state index contributed by atoms with van der Waals surface area (Å²) >= 11 is 0.